The molecule has 3 N–H and O–H groups in total. The molecule has 0 saturated carbocycles. The van der Waals surface area contributed by atoms with Gasteiger partial charge in [-0.15, -0.1) is 0 Å². The number of rotatable bonds is 3. The average molecular weight is 282 g/mol. The van der Waals surface area contributed by atoms with Crippen LogP contribution in [0.5, 0.6) is 0 Å². The van der Waals surface area contributed by atoms with Crippen molar-refractivity contribution in [3.63, 3.8) is 0 Å². The topological polar surface area (TPSA) is 72.9 Å². The predicted molar refractivity (Wildman–Crippen MR) is 81.5 cm³/mol. The lowest BCUT2D eigenvalue weighted by Crippen LogP contribution is -2.23. The van der Waals surface area contributed by atoms with E-state index in [0.717, 1.165) is 16.8 Å². The van der Waals surface area contributed by atoms with Crippen LogP contribution in [-0.4, -0.2) is 22.2 Å². The second-order valence-corrected chi connectivity index (χ2v) is 4.69. The van der Waals surface area contributed by atoms with E-state index in [2.05, 4.69) is 22.3 Å². The Morgan fingerprint density at radius 1 is 1.48 bits per heavy atom. The number of aryl methyl sites for hydroxylation is 2. The van der Waals surface area contributed by atoms with Gasteiger partial charge in [0.25, 0.3) is 5.91 Å². The number of hydrogen-bond acceptors (Lipinski definition) is 3. The summed E-state index contributed by atoms with van der Waals surface area (Å²) in [5, 5.41) is 7.05. The van der Waals surface area contributed by atoms with Crippen LogP contribution in [-0.2, 0) is 13.6 Å². The molecule has 1 aromatic carbocycles. The van der Waals surface area contributed by atoms with Crippen LogP contribution in [0.2, 0.25) is 0 Å². The lowest BCUT2D eigenvalue weighted by atomic mass is 10.1. The molecule has 1 heterocycles. The number of amides is 1. The summed E-state index contributed by atoms with van der Waals surface area (Å²) in [6, 6.07) is 7.72. The zero-order chi connectivity index (χ0) is 15.2. The van der Waals surface area contributed by atoms with Gasteiger partial charge in [0, 0.05) is 25.4 Å². The van der Waals surface area contributed by atoms with E-state index >= 15 is 0 Å². The molecule has 1 aromatic heterocycles. The molecule has 0 aliphatic heterocycles. The monoisotopic (exact) mass is 282 g/mol. The van der Waals surface area contributed by atoms with Crippen molar-refractivity contribution < 1.29 is 4.79 Å². The van der Waals surface area contributed by atoms with Crippen molar-refractivity contribution in [3.05, 3.63) is 52.8 Å². The van der Waals surface area contributed by atoms with Crippen LogP contribution >= 0.6 is 0 Å². The molecule has 0 aliphatic carbocycles. The Morgan fingerprint density at radius 2 is 2.29 bits per heavy atom. The maximum atomic E-state index is 12.1. The Hall–Kier alpha value is -2.58. The summed E-state index contributed by atoms with van der Waals surface area (Å²) < 4.78 is 1.63. The van der Waals surface area contributed by atoms with Crippen molar-refractivity contribution in [2.75, 3.05) is 6.54 Å². The summed E-state index contributed by atoms with van der Waals surface area (Å²) >= 11 is 0. The van der Waals surface area contributed by atoms with E-state index < -0.39 is 0 Å². The quantitative estimate of drug-likeness (QED) is 0.824. The highest BCUT2D eigenvalue weighted by Crippen LogP contribution is 2.07. The second-order valence-electron chi connectivity index (χ2n) is 4.69. The van der Waals surface area contributed by atoms with Gasteiger partial charge in [0.2, 0.25) is 0 Å². The van der Waals surface area contributed by atoms with E-state index in [0.29, 0.717) is 18.7 Å². The second kappa shape index (κ2) is 6.73. The highest BCUT2D eigenvalue weighted by Gasteiger charge is 2.11. The molecule has 0 unspecified atom stereocenters. The van der Waals surface area contributed by atoms with Gasteiger partial charge in [0.05, 0.1) is 17.8 Å². The number of nitrogens with zero attached hydrogens (tertiary/aromatic N) is 2. The van der Waals surface area contributed by atoms with E-state index in [1.54, 1.807) is 17.9 Å². The van der Waals surface area contributed by atoms with E-state index in [4.69, 9.17) is 5.73 Å². The van der Waals surface area contributed by atoms with Crippen LogP contribution in [0.25, 0.3) is 0 Å². The number of carbonyl (C=O) groups is 1. The van der Waals surface area contributed by atoms with Crippen molar-refractivity contribution in [1.82, 2.24) is 15.1 Å². The highest BCUT2D eigenvalue weighted by molar-refractivity contribution is 5.94. The summed E-state index contributed by atoms with van der Waals surface area (Å²) in [6.45, 7) is 2.60. The molecule has 2 rings (SSSR count). The van der Waals surface area contributed by atoms with E-state index in [1.807, 2.05) is 31.2 Å². The molecule has 0 saturated heterocycles. The minimum atomic E-state index is -0.126. The van der Waals surface area contributed by atoms with Gasteiger partial charge in [-0.3, -0.25) is 9.48 Å². The van der Waals surface area contributed by atoms with Crippen LogP contribution in [0.4, 0.5) is 0 Å². The number of benzene rings is 1. The van der Waals surface area contributed by atoms with Crippen molar-refractivity contribution in [3.8, 4) is 11.8 Å². The fourth-order valence-electron chi connectivity index (χ4n) is 2.01. The lowest BCUT2D eigenvalue weighted by molar-refractivity contribution is 0.0950. The summed E-state index contributed by atoms with van der Waals surface area (Å²) in [6.07, 6.45) is 1.72. The highest BCUT2D eigenvalue weighted by atomic mass is 16.1. The van der Waals surface area contributed by atoms with Gasteiger partial charge in [-0.2, -0.15) is 5.10 Å². The number of nitrogens with two attached hydrogens (primary N) is 1. The SMILES string of the molecule is Cc1nn(C)cc1C(=O)NCc1cccc(C#CCN)c1. The molecular weight excluding hydrogens is 264 g/mol. The molecule has 2 aromatic rings. The van der Waals surface area contributed by atoms with E-state index in [9.17, 15) is 4.79 Å². The largest absolute Gasteiger partial charge is 0.348 e. The Morgan fingerprint density at radius 3 is 2.95 bits per heavy atom. The first-order valence-corrected chi connectivity index (χ1v) is 6.66. The summed E-state index contributed by atoms with van der Waals surface area (Å²) in [4.78, 5) is 12.1. The molecule has 0 radical (unpaired) electrons. The summed E-state index contributed by atoms with van der Waals surface area (Å²) in [5.41, 5.74) is 8.56. The predicted octanol–water partition coefficient (Wildman–Crippen LogP) is 0.969. The Balaban J connectivity index is 2.03. The Kier molecular flexibility index (Phi) is 4.75. The molecule has 0 bridgehead atoms. The standard InChI is InChI=1S/C16H18N4O/c1-12-15(11-20(2)19-12)16(21)18-10-14-6-3-5-13(9-14)7-4-8-17/h3,5-6,9,11H,8,10,17H2,1-2H3,(H,18,21). The zero-order valence-electron chi connectivity index (χ0n) is 12.2. The van der Waals surface area contributed by atoms with Gasteiger partial charge in [-0.05, 0) is 24.6 Å². The van der Waals surface area contributed by atoms with E-state index in [-0.39, 0.29) is 5.91 Å². The van der Waals surface area contributed by atoms with Gasteiger partial charge >= 0.3 is 0 Å². The van der Waals surface area contributed by atoms with Gasteiger partial charge in [-0.25, -0.2) is 0 Å². The molecule has 0 atom stereocenters. The normalized spacial score (nSPS) is 9.86. The fourth-order valence-corrected chi connectivity index (χ4v) is 2.01. The number of hydrogen-bond donors (Lipinski definition) is 2. The maximum absolute atomic E-state index is 12.1. The van der Waals surface area contributed by atoms with Crippen molar-refractivity contribution in [2.24, 2.45) is 12.8 Å². The molecule has 5 heteroatoms. The molecule has 0 fully saturated rings. The van der Waals surface area contributed by atoms with Gasteiger partial charge < -0.3 is 11.1 Å². The smallest absolute Gasteiger partial charge is 0.255 e. The van der Waals surface area contributed by atoms with Crippen molar-refractivity contribution in [2.45, 2.75) is 13.5 Å². The first kappa shape index (κ1) is 14.8. The summed E-state index contributed by atoms with van der Waals surface area (Å²) in [5.74, 6) is 5.66. The van der Waals surface area contributed by atoms with Crippen LogP contribution < -0.4 is 11.1 Å². The fraction of sp³-hybridized carbons (Fsp3) is 0.250. The maximum Gasteiger partial charge on any atom is 0.255 e. The van der Waals surface area contributed by atoms with Crippen LogP contribution in [0.3, 0.4) is 0 Å². The van der Waals surface area contributed by atoms with Gasteiger partial charge in [0.1, 0.15) is 0 Å². The van der Waals surface area contributed by atoms with Gasteiger partial charge in [-0.1, -0.05) is 24.0 Å². The third kappa shape index (κ3) is 3.94. The molecular formula is C16H18N4O. The number of nitrogens with one attached hydrogen (secondary N) is 1. The Labute approximate surface area is 124 Å². The lowest BCUT2D eigenvalue weighted by Gasteiger charge is -2.05. The molecule has 0 spiro atoms. The minimum Gasteiger partial charge on any atom is -0.348 e. The zero-order valence-corrected chi connectivity index (χ0v) is 12.2. The molecule has 0 aliphatic rings. The number of carbonyl (C=O) groups excluding carboxylic acids is 1. The first-order valence-electron chi connectivity index (χ1n) is 6.66. The molecule has 21 heavy (non-hydrogen) atoms. The van der Waals surface area contributed by atoms with Crippen LogP contribution in [0.15, 0.2) is 30.5 Å². The third-order valence-electron chi connectivity index (χ3n) is 2.97. The van der Waals surface area contributed by atoms with Crippen LogP contribution in [0.1, 0.15) is 27.2 Å². The van der Waals surface area contributed by atoms with Gasteiger partial charge in [0.15, 0.2) is 0 Å². The van der Waals surface area contributed by atoms with E-state index in [1.165, 1.54) is 0 Å². The number of aromatic nitrogens is 2. The average Bonchev–Trinajstić information content (AvgIpc) is 2.82. The molecule has 1 amide bonds. The molecule has 108 valence electrons. The van der Waals surface area contributed by atoms with Crippen molar-refractivity contribution >= 4 is 5.91 Å². The molecule has 5 nitrogen and oxygen atoms in total. The summed E-state index contributed by atoms with van der Waals surface area (Å²) in [7, 11) is 1.80. The third-order valence-corrected chi connectivity index (χ3v) is 2.97. The van der Waals surface area contributed by atoms with Crippen LogP contribution in [0, 0.1) is 18.8 Å². The Bertz CT molecular complexity index is 707. The first-order chi connectivity index (χ1) is 10.1. The van der Waals surface area contributed by atoms with Crippen molar-refractivity contribution in [1.29, 1.82) is 0 Å². The minimum absolute atomic E-state index is 0.126.